The lowest BCUT2D eigenvalue weighted by Gasteiger charge is -2.11. The normalized spacial score (nSPS) is 11.0. The van der Waals surface area contributed by atoms with E-state index in [1.807, 2.05) is 64.7 Å². The van der Waals surface area contributed by atoms with Gasteiger partial charge in [-0.1, -0.05) is 30.3 Å². The summed E-state index contributed by atoms with van der Waals surface area (Å²) in [6, 6.07) is 25.3. The van der Waals surface area contributed by atoms with Gasteiger partial charge in [0.05, 0.1) is 18.6 Å². The van der Waals surface area contributed by atoms with Crippen LogP contribution in [-0.2, 0) is 9.59 Å². The van der Waals surface area contributed by atoms with Crippen molar-refractivity contribution in [1.29, 1.82) is 0 Å². The van der Waals surface area contributed by atoms with Gasteiger partial charge in [0, 0.05) is 27.1 Å². The first-order valence-electron chi connectivity index (χ1n) is 13.0. The van der Waals surface area contributed by atoms with Crippen LogP contribution in [0, 0.1) is 0 Å². The number of nitrogens with one attached hydrogen (secondary N) is 3. The van der Waals surface area contributed by atoms with E-state index in [4.69, 9.17) is 4.74 Å². The molecule has 0 atom stereocenters. The number of ether oxygens (including phenoxy) is 1. The van der Waals surface area contributed by atoms with Crippen LogP contribution in [0.2, 0.25) is 0 Å². The van der Waals surface area contributed by atoms with Crippen molar-refractivity contribution in [2.24, 2.45) is 0 Å². The van der Waals surface area contributed by atoms with Crippen molar-refractivity contribution in [3.05, 3.63) is 118 Å². The van der Waals surface area contributed by atoms with Gasteiger partial charge < -0.3 is 20.7 Å². The molecule has 0 aliphatic rings. The number of carbonyl (C=O) groups excluding carboxylic acids is 3. The van der Waals surface area contributed by atoms with Gasteiger partial charge in [0.2, 0.25) is 5.91 Å². The van der Waals surface area contributed by atoms with Gasteiger partial charge in [0.15, 0.2) is 5.13 Å². The molecular weight excluding hydrogens is 601 g/mol. The molecule has 3 N–H and O–H groups in total. The standard InChI is InChI=1S/C32H26N4O4S3/c1-40-28-10-6-5-9-25(28)27-19-43-32(35-27)36-29(37)20-42-24-13-11-23(12-14-24)33-31(39)26(17-21-15-16-41-18-21)34-30(38)22-7-3-2-4-8-22/h2-19H,20H2,1H3,(H,33,39)(H,34,38)(H,35,36,37)/b26-17-. The van der Waals surface area contributed by atoms with Crippen LogP contribution in [0.15, 0.2) is 112 Å². The molecule has 8 nitrogen and oxygen atoms in total. The third-order valence-corrected chi connectivity index (χ3v) is 8.47. The third kappa shape index (κ3) is 8.19. The summed E-state index contributed by atoms with van der Waals surface area (Å²) in [5, 5.41) is 14.6. The molecule has 0 spiro atoms. The van der Waals surface area contributed by atoms with Gasteiger partial charge in [0.1, 0.15) is 11.4 Å². The average Bonchev–Trinajstić information content (AvgIpc) is 3.73. The minimum Gasteiger partial charge on any atom is -0.496 e. The number of thiophene rings is 1. The van der Waals surface area contributed by atoms with Crippen LogP contribution in [0.25, 0.3) is 17.3 Å². The number of para-hydroxylation sites is 1. The zero-order valence-electron chi connectivity index (χ0n) is 22.9. The van der Waals surface area contributed by atoms with Crippen LogP contribution >= 0.6 is 34.4 Å². The van der Waals surface area contributed by atoms with Crippen molar-refractivity contribution in [1.82, 2.24) is 10.3 Å². The fourth-order valence-corrected chi connectivity index (χ4v) is 5.96. The lowest BCUT2D eigenvalue weighted by Crippen LogP contribution is -2.30. The summed E-state index contributed by atoms with van der Waals surface area (Å²) < 4.78 is 5.40. The first kappa shape index (κ1) is 29.8. The highest BCUT2D eigenvalue weighted by atomic mass is 32.2. The lowest BCUT2D eigenvalue weighted by molar-refractivity contribution is -0.114. The van der Waals surface area contributed by atoms with Gasteiger partial charge in [0.25, 0.3) is 11.8 Å². The van der Waals surface area contributed by atoms with E-state index in [0.29, 0.717) is 22.1 Å². The minimum absolute atomic E-state index is 0.124. The fraction of sp³-hybridized carbons (Fsp3) is 0.0625. The highest BCUT2D eigenvalue weighted by Crippen LogP contribution is 2.32. The van der Waals surface area contributed by atoms with E-state index >= 15 is 0 Å². The topological polar surface area (TPSA) is 109 Å². The lowest BCUT2D eigenvalue weighted by atomic mass is 10.1. The smallest absolute Gasteiger partial charge is 0.272 e. The van der Waals surface area contributed by atoms with Crippen LogP contribution in [0.1, 0.15) is 15.9 Å². The largest absolute Gasteiger partial charge is 0.496 e. The molecule has 0 aliphatic carbocycles. The molecule has 0 saturated carbocycles. The Bertz CT molecular complexity index is 1730. The number of nitrogens with zero attached hydrogens (tertiary/aromatic N) is 1. The Morgan fingerprint density at radius 3 is 2.42 bits per heavy atom. The molecule has 2 aromatic heterocycles. The fourth-order valence-electron chi connectivity index (χ4n) is 3.91. The van der Waals surface area contributed by atoms with Gasteiger partial charge in [-0.25, -0.2) is 4.98 Å². The van der Waals surface area contributed by atoms with Crippen molar-refractivity contribution >= 4 is 69.1 Å². The number of hydrogen-bond acceptors (Lipinski definition) is 8. The maximum atomic E-state index is 13.1. The number of methoxy groups -OCH3 is 1. The third-order valence-electron chi connectivity index (χ3n) is 6.00. The SMILES string of the molecule is COc1ccccc1-c1csc(NC(=O)CSc2ccc(NC(=O)/C(=C/c3ccsc3)NC(=O)c3ccccc3)cc2)n1. The maximum Gasteiger partial charge on any atom is 0.272 e. The van der Waals surface area contributed by atoms with E-state index in [0.717, 1.165) is 21.7 Å². The summed E-state index contributed by atoms with van der Waals surface area (Å²) in [6.07, 6.45) is 1.64. The Balaban J connectivity index is 1.16. The predicted molar refractivity (Wildman–Crippen MR) is 175 cm³/mol. The molecule has 43 heavy (non-hydrogen) atoms. The highest BCUT2D eigenvalue weighted by molar-refractivity contribution is 8.00. The second-order valence-corrected chi connectivity index (χ2v) is 11.7. The van der Waals surface area contributed by atoms with E-state index < -0.39 is 5.91 Å². The number of benzene rings is 3. The number of hydrogen-bond donors (Lipinski definition) is 3. The molecule has 5 aromatic rings. The van der Waals surface area contributed by atoms with Crippen molar-refractivity contribution in [3.8, 4) is 17.0 Å². The molecule has 0 saturated heterocycles. The zero-order valence-corrected chi connectivity index (χ0v) is 25.4. The Kier molecular flexibility index (Phi) is 10.0. The average molecular weight is 627 g/mol. The maximum absolute atomic E-state index is 13.1. The number of thioether (sulfide) groups is 1. The second-order valence-electron chi connectivity index (χ2n) is 8.99. The predicted octanol–water partition coefficient (Wildman–Crippen LogP) is 7.02. The molecule has 0 fully saturated rings. The molecule has 2 heterocycles. The van der Waals surface area contributed by atoms with Gasteiger partial charge in [-0.15, -0.1) is 23.1 Å². The molecule has 0 bridgehead atoms. The van der Waals surface area contributed by atoms with E-state index in [1.165, 1.54) is 34.4 Å². The van der Waals surface area contributed by atoms with Gasteiger partial charge in [-0.3, -0.25) is 14.4 Å². The Morgan fingerprint density at radius 2 is 1.67 bits per heavy atom. The number of thiazole rings is 1. The number of aromatic nitrogens is 1. The molecular formula is C32H26N4O4S3. The van der Waals surface area contributed by atoms with E-state index in [-0.39, 0.29) is 23.3 Å². The molecule has 0 unspecified atom stereocenters. The Morgan fingerprint density at radius 1 is 0.907 bits per heavy atom. The zero-order chi connectivity index (χ0) is 30.0. The monoisotopic (exact) mass is 626 g/mol. The molecule has 0 radical (unpaired) electrons. The number of amides is 3. The van der Waals surface area contributed by atoms with Gasteiger partial charge >= 0.3 is 0 Å². The van der Waals surface area contributed by atoms with Gasteiger partial charge in [-0.2, -0.15) is 11.3 Å². The summed E-state index contributed by atoms with van der Waals surface area (Å²) in [5.41, 5.74) is 3.52. The first-order chi connectivity index (χ1) is 21.0. The van der Waals surface area contributed by atoms with Gasteiger partial charge in [-0.05, 0) is 77.0 Å². The molecule has 11 heteroatoms. The summed E-state index contributed by atoms with van der Waals surface area (Å²) in [6.45, 7) is 0. The van der Waals surface area contributed by atoms with E-state index in [1.54, 1.807) is 49.6 Å². The number of rotatable bonds is 11. The van der Waals surface area contributed by atoms with Crippen LogP contribution < -0.4 is 20.7 Å². The molecule has 5 rings (SSSR count). The minimum atomic E-state index is -0.453. The molecule has 216 valence electrons. The van der Waals surface area contributed by atoms with E-state index in [2.05, 4.69) is 20.9 Å². The van der Waals surface area contributed by atoms with Crippen LogP contribution in [0.3, 0.4) is 0 Å². The van der Waals surface area contributed by atoms with Crippen molar-refractivity contribution in [2.75, 3.05) is 23.5 Å². The van der Waals surface area contributed by atoms with Crippen LogP contribution in [0.4, 0.5) is 10.8 Å². The van der Waals surface area contributed by atoms with E-state index in [9.17, 15) is 14.4 Å². The molecule has 3 amide bonds. The van der Waals surface area contributed by atoms with Crippen LogP contribution in [-0.4, -0.2) is 35.6 Å². The van der Waals surface area contributed by atoms with Crippen molar-refractivity contribution in [2.45, 2.75) is 4.90 Å². The first-order valence-corrected chi connectivity index (χ1v) is 15.8. The Hall–Kier alpha value is -4.71. The second kappa shape index (κ2) is 14.5. The summed E-state index contributed by atoms with van der Waals surface area (Å²) in [7, 11) is 1.61. The molecule has 0 aliphatic heterocycles. The summed E-state index contributed by atoms with van der Waals surface area (Å²) in [5.74, 6) is -0.107. The van der Waals surface area contributed by atoms with Crippen molar-refractivity contribution < 1.29 is 19.1 Å². The number of anilines is 2. The summed E-state index contributed by atoms with van der Waals surface area (Å²) in [4.78, 5) is 43.8. The summed E-state index contributed by atoms with van der Waals surface area (Å²) >= 11 is 4.21. The van der Waals surface area contributed by atoms with Crippen LogP contribution in [0.5, 0.6) is 5.75 Å². The quantitative estimate of drug-likeness (QED) is 0.107. The van der Waals surface area contributed by atoms with Crippen molar-refractivity contribution in [3.63, 3.8) is 0 Å². The molecule has 3 aromatic carbocycles. The number of carbonyl (C=O) groups is 3. The Labute approximate surface area is 260 Å². The highest BCUT2D eigenvalue weighted by Gasteiger charge is 2.16.